The monoisotopic (exact) mass is 287 g/mol. The average molecular weight is 287 g/mol. The predicted octanol–water partition coefficient (Wildman–Crippen LogP) is 1.91. The van der Waals surface area contributed by atoms with Crippen LogP contribution in [0.25, 0.3) is 0 Å². The molecule has 6 heteroatoms. The number of carbonyl (C=O) groups is 1. The number of amides is 1. The lowest BCUT2D eigenvalue weighted by Crippen LogP contribution is -2.26. The molecule has 0 radical (unpaired) electrons. The van der Waals surface area contributed by atoms with Crippen molar-refractivity contribution >= 4 is 11.7 Å². The van der Waals surface area contributed by atoms with E-state index < -0.39 is 0 Å². The number of carbonyl (C=O) groups excluding carboxylic acids is 1. The average Bonchev–Trinajstić information content (AvgIpc) is 2.97. The molecule has 0 fully saturated rings. The van der Waals surface area contributed by atoms with Crippen LogP contribution >= 0.6 is 0 Å². The third-order valence-corrected chi connectivity index (χ3v) is 2.97. The fourth-order valence-electron chi connectivity index (χ4n) is 1.97. The van der Waals surface area contributed by atoms with Gasteiger partial charge in [-0.1, -0.05) is 6.92 Å². The van der Waals surface area contributed by atoms with Gasteiger partial charge in [-0.2, -0.15) is 0 Å². The quantitative estimate of drug-likeness (QED) is 0.726. The lowest BCUT2D eigenvalue weighted by molar-refractivity contribution is 0.0954. The summed E-state index contributed by atoms with van der Waals surface area (Å²) in [7, 11) is 0. The fourth-order valence-corrected chi connectivity index (χ4v) is 1.97. The van der Waals surface area contributed by atoms with Crippen LogP contribution in [0.4, 0.5) is 5.82 Å². The first-order chi connectivity index (χ1) is 10.2. The number of anilines is 1. The highest BCUT2D eigenvalue weighted by molar-refractivity contribution is 5.95. The van der Waals surface area contributed by atoms with Crippen molar-refractivity contribution in [3.8, 4) is 0 Å². The molecule has 0 aromatic carbocycles. The second-order valence-electron chi connectivity index (χ2n) is 4.85. The van der Waals surface area contributed by atoms with Gasteiger partial charge in [0, 0.05) is 43.2 Å². The zero-order valence-electron chi connectivity index (χ0n) is 12.4. The summed E-state index contributed by atoms with van der Waals surface area (Å²) in [5.74, 6) is 1.52. The lowest BCUT2D eigenvalue weighted by atomic mass is 10.2. The van der Waals surface area contributed by atoms with Gasteiger partial charge in [0.25, 0.3) is 5.91 Å². The Labute approximate surface area is 124 Å². The smallest absolute Gasteiger partial charge is 0.251 e. The van der Waals surface area contributed by atoms with Gasteiger partial charge in [0.15, 0.2) is 0 Å². The van der Waals surface area contributed by atoms with Gasteiger partial charge in [-0.15, -0.1) is 0 Å². The minimum Gasteiger partial charge on any atom is -0.370 e. The predicted molar refractivity (Wildman–Crippen MR) is 82.4 cm³/mol. The van der Waals surface area contributed by atoms with Gasteiger partial charge in [-0.05, 0) is 25.5 Å². The van der Waals surface area contributed by atoms with Crippen molar-refractivity contribution in [2.75, 3.05) is 18.4 Å². The Balaban J connectivity index is 1.93. The first-order valence-corrected chi connectivity index (χ1v) is 7.18. The zero-order valence-corrected chi connectivity index (χ0v) is 12.4. The number of rotatable bonds is 7. The Morgan fingerprint density at radius 1 is 1.33 bits per heavy atom. The number of aromatic amines is 1. The maximum Gasteiger partial charge on any atom is 0.251 e. The van der Waals surface area contributed by atoms with Crippen LogP contribution in [-0.2, 0) is 6.42 Å². The van der Waals surface area contributed by atoms with Crippen LogP contribution in [0, 0.1) is 6.92 Å². The van der Waals surface area contributed by atoms with Gasteiger partial charge >= 0.3 is 0 Å². The summed E-state index contributed by atoms with van der Waals surface area (Å²) in [4.78, 5) is 23.7. The van der Waals surface area contributed by atoms with Crippen LogP contribution in [0.1, 0.15) is 35.2 Å². The molecule has 21 heavy (non-hydrogen) atoms. The van der Waals surface area contributed by atoms with E-state index in [0.717, 1.165) is 30.3 Å². The Kier molecular flexibility index (Phi) is 5.31. The molecular weight excluding hydrogens is 266 g/mol. The molecule has 6 nitrogen and oxygen atoms in total. The van der Waals surface area contributed by atoms with Gasteiger partial charge in [0.05, 0.1) is 0 Å². The number of hydrogen-bond donors (Lipinski definition) is 3. The van der Waals surface area contributed by atoms with Crippen molar-refractivity contribution in [3.05, 3.63) is 41.6 Å². The van der Waals surface area contributed by atoms with Crippen LogP contribution in [0.3, 0.4) is 0 Å². The summed E-state index contributed by atoms with van der Waals surface area (Å²) >= 11 is 0. The number of aryl methyl sites for hydroxylation is 1. The number of imidazole rings is 1. The van der Waals surface area contributed by atoms with Crippen LogP contribution in [0.5, 0.6) is 0 Å². The minimum atomic E-state index is -0.0911. The second-order valence-corrected chi connectivity index (χ2v) is 4.85. The van der Waals surface area contributed by atoms with E-state index in [1.807, 2.05) is 6.92 Å². The standard InChI is InChI=1S/C15H21N5O/c1-3-5-16-14-10-12(9-11(2)20-14)15(21)19-6-4-13-17-7-8-18-13/h7-10H,3-6H2,1-2H3,(H,16,20)(H,17,18)(H,19,21). The second kappa shape index (κ2) is 7.42. The normalized spacial score (nSPS) is 10.4. The molecule has 0 bridgehead atoms. The fraction of sp³-hybridized carbons (Fsp3) is 0.400. The number of H-pyrrole nitrogens is 1. The first kappa shape index (κ1) is 15.0. The molecule has 0 saturated heterocycles. The van der Waals surface area contributed by atoms with E-state index in [0.29, 0.717) is 18.5 Å². The summed E-state index contributed by atoms with van der Waals surface area (Å²) in [6.45, 7) is 5.36. The lowest BCUT2D eigenvalue weighted by Gasteiger charge is -2.09. The molecule has 0 unspecified atom stereocenters. The van der Waals surface area contributed by atoms with E-state index in [9.17, 15) is 4.79 Å². The van der Waals surface area contributed by atoms with E-state index in [2.05, 4.69) is 32.5 Å². The molecule has 0 spiro atoms. The molecule has 1 amide bonds. The summed E-state index contributed by atoms with van der Waals surface area (Å²) in [6, 6.07) is 3.57. The molecule has 2 aromatic heterocycles. The Hall–Kier alpha value is -2.37. The topological polar surface area (TPSA) is 82.7 Å². The van der Waals surface area contributed by atoms with Gasteiger partial charge in [0.2, 0.25) is 0 Å². The van der Waals surface area contributed by atoms with Crippen molar-refractivity contribution in [1.82, 2.24) is 20.3 Å². The molecule has 112 valence electrons. The van der Waals surface area contributed by atoms with Gasteiger partial charge in [0.1, 0.15) is 11.6 Å². The molecule has 2 heterocycles. The maximum atomic E-state index is 12.2. The molecule has 0 atom stereocenters. The van der Waals surface area contributed by atoms with Gasteiger partial charge in [-0.3, -0.25) is 4.79 Å². The number of pyridine rings is 1. The summed E-state index contributed by atoms with van der Waals surface area (Å²) in [5, 5.41) is 6.10. The SMILES string of the molecule is CCCNc1cc(C(=O)NCCc2ncc[nH]2)cc(C)n1. The molecule has 2 aromatic rings. The van der Waals surface area contributed by atoms with E-state index in [1.54, 1.807) is 24.5 Å². The first-order valence-electron chi connectivity index (χ1n) is 7.18. The maximum absolute atomic E-state index is 12.2. The van der Waals surface area contributed by atoms with Crippen LogP contribution < -0.4 is 10.6 Å². The molecule has 0 aliphatic rings. The molecule has 0 saturated carbocycles. The van der Waals surface area contributed by atoms with Crippen molar-refractivity contribution in [3.63, 3.8) is 0 Å². The summed E-state index contributed by atoms with van der Waals surface area (Å²) < 4.78 is 0. The van der Waals surface area contributed by atoms with E-state index >= 15 is 0 Å². The third-order valence-electron chi connectivity index (χ3n) is 2.97. The number of hydrogen-bond acceptors (Lipinski definition) is 4. The van der Waals surface area contributed by atoms with Crippen molar-refractivity contribution in [2.45, 2.75) is 26.7 Å². The number of nitrogens with zero attached hydrogens (tertiary/aromatic N) is 2. The largest absolute Gasteiger partial charge is 0.370 e. The van der Waals surface area contributed by atoms with Gasteiger partial charge in [-0.25, -0.2) is 9.97 Å². The van der Waals surface area contributed by atoms with Crippen LogP contribution in [0.2, 0.25) is 0 Å². The molecule has 3 N–H and O–H groups in total. The molecule has 0 aliphatic carbocycles. The zero-order chi connectivity index (χ0) is 15.1. The number of aromatic nitrogens is 3. The van der Waals surface area contributed by atoms with Crippen molar-refractivity contribution in [2.24, 2.45) is 0 Å². The third kappa shape index (κ3) is 4.59. The van der Waals surface area contributed by atoms with E-state index in [4.69, 9.17) is 0 Å². The Morgan fingerprint density at radius 2 is 2.19 bits per heavy atom. The molecule has 2 rings (SSSR count). The highest BCUT2D eigenvalue weighted by Crippen LogP contribution is 2.10. The van der Waals surface area contributed by atoms with E-state index in [-0.39, 0.29) is 5.91 Å². The minimum absolute atomic E-state index is 0.0911. The van der Waals surface area contributed by atoms with Crippen molar-refractivity contribution < 1.29 is 4.79 Å². The summed E-state index contributed by atoms with van der Waals surface area (Å²) in [6.07, 6.45) is 5.17. The van der Waals surface area contributed by atoms with Crippen LogP contribution in [-0.4, -0.2) is 33.9 Å². The molecule has 0 aliphatic heterocycles. The van der Waals surface area contributed by atoms with Crippen LogP contribution in [0.15, 0.2) is 24.5 Å². The Morgan fingerprint density at radius 3 is 2.90 bits per heavy atom. The highest BCUT2D eigenvalue weighted by atomic mass is 16.1. The van der Waals surface area contributed by atoms with Crippen molar-refractivity contribution in [1.29, 1.82) is 0 Å². The summed E-state index contributed by atoms with van der Waals surface area (Å²) in [5.41, 5.74) is 1.45. The van der Waals surface area contributed by atoms with E-state index in [1.165, 1.54) is 0 Å². The highest BCUT2D eigenvalue weighted by Gasteiger charge is 2.08. The number of nitrogens with one attached hydrogen (secondary N) is 3. The van der Waals surface area contributed by atoms with Gasteiger partial charge < -0.3 is 15.6 Å². The molecular formula is C15H21N5O. The Bertz CT molecular complexity index is 580.